The van der Waals surface area contributed by atoms with Gasteiger partial charge in [0.2, 0.25) is 5.95 Å². The average Bonchev–Trinajstić information content (AvgIpc) is 2.30. The molecule has 2 rings (SSSR count). The Kier molecular flexibility index (Phi) is 3.60. The van der Waals surface area contributed by atoms with Crippen molar-refractivity contribution in [3.63, 3.8) is 0 Å². The van der Waals surface area contributed by atoms with Crippen molar-refractivity contribution >= 4 is 33.6 Å². The van der Waals surface area contributed by atoms with Gasteiger partial charge in [-0.3, -0.25) is 9.98 Å². The number of nitrogens with one attached hydrogen (secondary N) is 2. The van der Waals surface area contributed by atoms with Crippen molar-refractivity contribution in [2.75, 3.05) is 5.43 Å². The first-order valence-electron chi connectivity index (χ1n) is 4.86. The second-order valence-corrected chi connectivity index (χ2v) is 5.26. The van der Waals surface area contributed by atoms with E-state index >= 15 is 0 Å². The molecule has 1 aliphatic rings. The minimum Gasteiger partial charge on any atom is -0.282 e. The van der Waals surface area contributed by atoms with Crippen molar-refractivity contribution in [3.05, 3.63) is 35.2 Å². The minimum absolute atomic E-state index is 0.121. The number of anilines is 1. The molecular weight excluding hydrogens is 299 g/mol. The van der Waals surface area contributed by atoms with E-state index in [4.69, 9.17) is 16.2 Å². The molecule has 3 N–H and O–H groups in total. The lowest BCUT2D eigenvalue weighted by Gasteiger charge is -2.23. The monoisotopic (exact) mass is 306 g/mol. The molecule has 1 aromatic carbocycles. The normalized spacial score (nSPS) is 14.9. The maximum absolute atomic E-state index is 12.9. The Morgan fingerprint density at radius 2 is 2.21 bits per heavy atom. The number of allylic oxidation sites excluding steroid dienone is 1. The van der Waals surface area contributed by atoms with Crippen molar-refractivity contribution in [1.29, 1.82) is 0 Å². The third-order valence-electron chi connectivity index (χ3n) is 2.08. The number of hydrazone groups is 1. The van der Waals surface area contributed by atoms with E-state index in [-0.39, 0.29) is 15.6 Å². The number of benzene rings is 1. The number of nitrogens with zero attached hydrogens (tertiary/aromatic N) is 2. The summed E-state index contributed by atoms with van der Waals surface area (Å²) in [5, 5.41) is 4.77. The molecule has 0 saturated heterocycles. The first-order chi connectivity index (χ1) is 8.86. The van der Waals surface area contributed by atoms with Gasteiger partial charge in [-0.25, -0.2) is 5.43 Å². The van der Waals surface area contributed by atoms with Crippen molar-refractivity contribution in [2.24, 2.45) is 5.10 Å². The Hall–Kier alpha value is -1.84. The molecular formula is C9H8ClFN4O3S. The van der Waals surface area contributed by atoms with Crippen LogP contribution < -0.4 is 10.9 Å². The van der Waals surface area contributed by atoms with Crippen LogP contribution in [0.4, 0.5) is 10.1 Å². The van der Waals surface area contributed by atoms with Gasteiger partial charge >= 0.3 is 0 Å². The summed E-state index contributed by atoms with van der Waals surface area (Å²) in [6.07, 6.45) is 2.27. The minimum atomic E-state index is -4.36. The highest BCUT2D eigenvalue weighted by Crippen LogP contribution is 2.25. The molecule has 1 aromatic rings. The summed E-state index contributed by atoms with van der Waals surface area (Å²) in [7, 11) is -4.36. The van der Waals surface area contributed by atoms with Crippen molar-refractivity contribution in [2.45, 2.75) is 4.90 Å². The lowest BCUT2D eigenvalue weighted by atomic mass is 10.3. The van der Waals surface area contributed by atoms with E-state index in [9.17, 15) is 12.8 Å². The highest BCUT2D eigenvalue weighted by molar-refractivity contribution is 7.85. The van der Waals surface area contributed by atoms with Gasteiger partial charge in [-0.05, 0) is 18.2 Å². The van der Waals surface area contributed by atoms with E-state index in [0.717, 1.165) is 23.4 Å². The van der Waals surface area contributed by atoms with E-state index < -0.39 is 16.1 Å². The van der Waals surface area contributed by atoms with Gasteiger partial charge in [-0.1, -0.05) is 11.6 Å². The number of hydrogen-bond acceptors (Lipinski definition) is 6. The molecule has 1 heterocycles. The van der Waals surface area contributed by atoms with E-state index in [1.807, 2.05) is 0 Å². The first kappa shape index (κ1) is 13.6. The second-order valence-electron chi connectivity index (χ2n) is 3.43. The number of hydrazine groups is 2. The van der Waals surface area contributed by atoms with Crippen LogP contribution in [-0.4, -0.2) is 24.4 Å². The van der Waals surface area contributed by atoms with Crippen LogP contribution in [-0.2, 0) is 10.1 Å². The number of rotatable bonds is 3. The standard InChI is InChI=1S/C9H8ClFN4O3S/c10-7-2-1-6(19(16,17)18)5-8(7)13-15-12-4-3-9(11)14-15/h1-5,13-14H,(H,16,17,18). The third kappa shape index (κ3) is 3.34. The smallest absolute Gasteiger partial charge is 0.282 e. The largest absolute Gasteiger partial charge is 0.294 e. The van der Waals surface area contributed by atoms with Crippen LogP contribution in [0.1, 0.15) is 0 Å². The molecule has 0 spiro atoms. The molecule has 1 aliphatic heterocycles. The van der Waals surface area contributed by atoms with Crippen molar-refractivity contribution in [1.82, 2.24) is 10.7 Å². The highest BCUT2D eigenvalue weighted by atomic mass is 35.5. The predicted molar refractivity (Wildman–Crippen MR) is 67.5 cm³/mol. The molecule has 0 amide bonds. The van der Waals surface area contributed by atoms with Crippen LogP contribution in [0.15, 0.2) is 40.2 Å². The molecule has 0 aromatic heterocycles. The summed E-state index contributed by atoms with van der Waals surface area (Å²) < 4.78 is 43.8. The van der Waals surface area contributed by atoms with Gasteiger partial charge < -0.3 is 0 Å². The van der Waals surface area contributed by atoms with Crippen LogP contribution >= 0.6 is 11.6 Å². The molecule has 102 valence electrons. The zero-order valence-corrected chi connectivity index (χ0v) is 10.8. The molecule has 0 radical (unpaired) electrons. The van der Waals surface area contributed by atoms with Crippen LogP contribution in [0.25, 0.3) is 0 Å². The van der Waals surface area contributed by atoms with E-state index in [0.29, 0.717) is 0 Å². The summed E-state index contributed by atoms with van der Waals surface area (Å²) >= 11 is 5.85. The maximum Gasteiger partial charge on any atom is 0.294 e. The number of halogens is 2. The van der Waals surface area contributed by atoms with Gasteiger partial charge in [0.15, 0.2) is 0 Å². The lowest BCUT2D eigenvalue weighted by molar-refractivity contribution is 0.239. The Bertz CT molecular complexity index is 661. The zero-order chi connectivity index (χ0) is 14.0. The Labute approximate surface area is 113 Å². The molecule has 0 bridgehead atoms. The molecule has 0 atom stereocenters. The Morgan fingerprint density at radius 3 is 2.84 bits per heavy atom. The van der Waals surface area contributed by atoms with Crippen molar-refractivity contribution in [3.8, 4) is 0 Å². The van der Waals surface area contributed by atoms with Gasteiger partial charge in [0, 0.05) is 6.08 Å². The quantitative estimate of drug-likeness (QED) is 0.579. The van der Waals surface area contributed by atoms with E-state index in [1.54, 1.807) is 0 Å². The Morgan fingerprint density at radius 1 is 1.47 bits per heavy atom. The van der Waals surface area contributed by atoms with Gasteiger partial charge in [-0.2, -0.15) is 12.8 Å². The fraction of sp³-hybridized carbons (Fsp3) is 0. The zero-order valence-electron chi connectivity index (χ0n) is 9.21. The van der Waals surface area contributed by atoms with Gasteiger partial charge in [0.1, 0.15) is 0 Å². The second kappa shape index (κ2) is 5.03. The SMILES string of the molecule is O=S(=O)(O)c1ccc(Cl)c(NN2N=CC=C(F)N2)c1. The average molecular weight is 307 g/mol. The van der Waals surface area contributed by atoms with Crippen LogP contribution in [0, 0.1) is 0 Å². The summed E-state index contributed by atoms with van der Waals surface area (Å²) in [4.78, 5) is -0.351. The Balaban J connectivity index is 2.25. The van der Waals surface area contributed by atoms with Crippen LogP contribution in [0.5, 0.6) is 0 Å². The summed E-state index contributed by atoms with van der Waals surface area (Å²) in [6, 6.07) is 3.49. The molecule has 0 unspecified atom stereocenters. The molecule has 0 saturated carbocycles. The third-order valence-corrected chi connectivity index (χ3v) is 3.26. The summed E-state index contributed by atoms with van der Waals surface area (Å²) in [5.74, 6) is -0.662. The van der Waals surface area contributed by atoms with E-state index in [2.05, 4.69) is 16.0 Å². The fourth-order valence-electron chi connectivity index (χ4n) is 1.25. The molecule has 7 nitrogen and oxygen atoms in total. The van der Waals surface area contributed by atoms with Gasteiger partial charge in [0.05, 0.1) is 21.8 Å². The molecule has 0 aliphatic carbocycles. The van der Waals surface area contributed by atoms with Crippen LogP contribution in [0.3, 0.4) is 0 Å². The van der Waals surface area contributed by atoms with E-state index in [1.165, 1.54) is 12.3 Å². The fourth-order valence-corrected chi connectivity index (χ4v) is 1.92. The summed E-state index contributed by atoms with van der Waals surface area (Å²) in [5.41, 5.74) is 4.85. The first-order valence-corrected chi connectivity index (χ1v) is 6.68. The number of hydrogen-bond donors (Lipinski definition) is 3. The van der Waals surface area contributed by atoms with Crippen molar-refractivity contribution < 1.29 is 17.4 Å². The van der Waals surface area contributed by atoms with Gasteiger partial charge in [0.25, 0.3) is 10.1 Å². The van der Waals surface area contributed by atoms with Crippen LogP contribution in [0.2, 0.25) is 5.02 Å². The molecule has 10 heteroatoms. The predicted octanol–water partition coefficient (Wildman–Crippen LogP) is 1.53. The highest BCUT2D eigenvalue weighted by Gasteiger charge is 2.14. The molecule has 19 heavy (non-hydrogen) atoms. The summed E-state index contributed by atoms with van der Waals surface area (Å²) in [6.45, 7) is 0. The lowest BCUT2D eigenvalue weighted by Crippen LogP contribution is -2.38. The van der Waals surface area contributed by atoms with Gasteiger partial charge in [-0.15, -0.1) is 10.3 Å². The maximum atomic E-state index is 12.9. The molecule has 0 fully saturated rings. The topological polar surface area (TPSA) is 94.0 Å².